The number of amides is 2. The maximum absolute atomic E-state index is 11.9. The summed E-state index contributed by atoms with van der Waals surface area (Å²) in [5.74, 6) is -0.0154. The van der Waals surface area contributed by atoms with Crippen LogP contribution in [0.3, 0.4) is 0 Å². The van der Waals surface area contributed by atoms with Crippen LogP contribution in [0.15, 0.2) is 18.3 Å². The van der Waals surface area contributed by atoms with Gasteiger partial charge in [0.25, 0.3) is 0 Å². The van der Waals surface area contributed by atoms with Crippen LogP contribution < -0.4 is 10.2 Å². The highest BCUT2D eigenvalue weighted by molar-refractivity contribution is 6.00. The van der Waals surface area contributed by atoms with Crippen molar-refractivity contribution in [3.8, 4) is 0 Å². The number of hydrogen-bond acceptors (Lipinski definition) is 6. The summed E-state index contributed by atoms with van der Waals surface area (Å²) in [6.07, 6.45) is 3.55. The molecule has 3 rings (SSSR count). The Balaban J connectivity index is 1.66. The molecule has 2 amide bonds. The van der Waals surface area contributed by atoms with E-state index >= 15 is 0 Å². The van der Waals surface area contributed by atoms with Gasteiger partial charge < -0.3 is 15.1 Å². The fraction of sp³-hybridized carbons (Fsp3) is 0.562. The van der Waals surface area contributed by atoms with Crippen molar-refractivity contribution in [3.05, 3.63) is 23.9 Å². The van der Waals surface area contributed by atoms with Gasteiger partial charge in [0.1, 0.15) is 5.82 Å². The van der Waals surface area contributed by atoms with Gasteiger partial charge in [-0.25, -0.2) is 4.98 Å². The third kappa shape index (κ3) is 3.35. The van der Waals surface area contributed by atoms with Crippen LogP contribution in [0, 0.1) is 0 Å². The fourth-order valence-corrected chi connectivity index (χ4v) is 3.11. The molecule has 2 saturated heterocycles. The van der Waals surface area contributed by atoms with Crippen molar-refractivity contribution in [2.45, 2.75) is 37.2 Å². The minimum atomic E-state index is -0.983. The van der Waals surface area contributed by atoms with Gasteiger partial charge in [-0.05, 0) is 30.9 Å². The van der Waals surface area contributed by atoms with Crippen molar-refractivity contribution < 1.29 is 19.8 Å². The SMILES string of the molecule is O=C1CCC(c2ccc(N3CCC(O)(CO)CC3)nc2)C(=O)N1. The first-order chi connectivity index (χ1) is 11.0. The van der Waals surface area contributed by atoms with Crippen LogP contribution in [0.5, 0.6) is 0 Å². The first-order valence-corrected chi connectivity index (χ1v) is 7.89. The van der Waals surface area contributed by atoms with E-state index in [2.05, 4.69) is 15.2 Å². The second kappa shape index (κ2) is 6.25. The molecule has 7 nitrogen and oxygen atoms in total. The monoisotopic (exact) mass is 319 g/mol. The molecule has 0 aromatic carbocycles. The van der Waals surface area contributed by atoms with E-state index < -0.39 is 5.60 Å². The second-order valence-electron chi connectivity index (χ2n) is 6.32. The molecule has 0 spiro atoms. The third-order valence-electron chi connectivity index (χ3n) is 4.72. The number of nitrogens with zero attached hydrogens (tertiary/aromatic N) is 2. The number of piperidine rings is 2. The number of nitrogens with one attached hydrogen (secondary N) is 1. The molecule has 2 aliphatic rings. The molecule has 3 heterocycles. The molecular weight excluding hydrogens is 298 g/mol. The molecule has 23 heavy (non-hydrogen) atoms. The fourth-order valence-electron chi connectivity index (χ4n) is 3.11. The van der Waals surface area contributed by atoms with Crippen LogP contribution in [0.2, 0.25) is 0 Å². The zero-order valence-corrected chi connectivity index (χ0v) is 12.9. The Morgan fingerprint density at radius 3 is 2.61 bits per heavy atom. The number of aliphatic hydroxyl groups is 2. The van der Waals surface area contributed by atoms with Crippen molar-refractivity contribution >= 4 is 17.6 Å². The number of anilines is 1. The van der Waals surface area contributed by atoms with Crippen LogP contribution in [0.4, 0.5) is 5.82 Å². The molecule has 0 radical (unpaired) electrons. The zero-order valence-electron chi connectivity index (χ0n) is 12.9. The average molecular weight is 319 g/mol. The molecule has 0 saturated carbocycles. The van der Waals surface area contributed by atoms with Crippen LogP contribution in [0.1, 0.15) is 37.2 Å². The lowest BCUT2D eigenvalue weighted by atomic mass is 9.91. The van der Waals surface area contributed by atoms with Crippen LogP contribution in [0.25, 0.3) is 0 Å². The zero-order chi connectivity index (χ0) is 16.4. The van der Waals surface area contributed by atoms with Gasteiger partial charge in [-0.1, -0.05) is 6.07 Å². The standard InChI is InChI=1S/C16H21N3O4/c20-10-16(23)5-7-19(8-6-16)13-3-1-11(9-17-13)12-2-4-14(21)18-15(12)22/h1,3,9,12,20,23H,2,4-8,10H2,(H,18,21,22). The number of carbonyl (C=O) groups excluding carboxylic acids is 2. The summed E-state index contributed by atoms with van der Waals surface area (Å²) < 4.78 is 0. The van der Waals surface area contributed by atoms with E-state index in [9.17, 15) is 19.8 Å². The van der Waals surface area contributed by atoms with Crippen molar-refractivity contribution in [1.82, 2.24) is 10.3 Å². The van der Waals surface area contributed by atoms with E-state index in [1.54, 1.807) is 6.20 Å². The first-order valence-electron chi connectivity index (χ1n) is 7.89. The van der Waals surface area contributed by atoms with Crippen LogP contribution in [-0.4, -0.2) is 52.3 Å². The van der Waals surface area contributed by atoms with E-state index in [0.29, 0.717) is 38.8 Å². The van der Waals surface area contributed by atoms with E-state index in [1.807, 2.05) is 12.1 Å². The molecule has 2 fully saturated rings. The Labute approximate surface area is 134 Å². The number of rotatable bonds is 3. The minimum Gasteiger partial charge on any atom is -0.393 e. The predicted molar refractivity (Wildman–Crippen MR) is 82.8 cm³/mol. The van der Waals surface area contributed by atoms with Gasteiger partial charge in [-0.3, -0.25) is 14.9 Å². The average Bonchev–Trinajstić information content (AvgIpc) is 2.56. The smallest absolute Gasteiger partial charge is 0.234 e. The number of hydrogen-bond donors (Lipinski definition) is 3. The number of pyridine rings is 1. The van der Waals surface area contributed by atoms with Crippen LogP contribution in [-0.2, 0) is 9.59 Å². The summed E-state index contributed by atoms with van der Waals surface area (Å²) in [7, 11) is 0. The molecule has 0 aliphatic carbocycles. The van der Waals surface area contributed by atoms with E-state index in [0.717, 1.165) is 11.4 Å². The lowest BCUT2D eigenvalue weighted by Crippen LogP contribution is -2.46. The first kappa shape index (κ1) is 15.9. The highest BCUT2D eigenvalue weighted by Crippen LogP contribution is 2.28. The summed E-state index contributed by atoms with van der Waals surface area (Å²) in [6.45, 7) is 1.03. The number of imide groups is 1. The topological polar surface area (TPSA) is 103 Å². The summed E-state index contributed by atoms with van der Waals surface area (Å²) in [4.78, 5) is 29.5. The normalized spacial score (nSPS) is 24.4. The van der Waals surface area contributed by atoms with Gasteiger partial charge in [0.15, 0.2) is 0 Å². The lowest BCUT2D eigenvalue weighted by molar-refractivity contribution is -0.134. The molecule has 7 heteroatoms. The van der Waals surface area contributed by atoms with Crippen molar-refractivity contribution in [2.75, 3.05) is 24.6 Å². The Bertz CT molecular complexity index is 594. The maximum atomic E-state index is 11.9. The van der Waals surface area contributed by atoms with Gasteiger partial charge in [0.05, 0.1) is 18.1 Å². The van der Waals surface area contributed by atoms with Gasteiger partial charge in [0, 0.05) is 25.7 Å². The quantitative estimate of drug-likeness (QED) is 0.674. The van der Waals surface area contributed by atoms with Crippen LogP contribution >= 0.6 is 0 Å². The number of carbonyl (C=O) groups is 2. The summed E-state index contributed by atoms with van der Waals surface area (Å²) in [6, 6.07) is 3.73. The van der Waals surface area contributed by atoms with Crippen molar-refractivity contribution in [3.63, 3.8) is 0 Å². The molecule has 1 atom stereocenters. The van der Waals surface area contributed by atoms with Crippen molar-refractivity contribution in [2.24, 2.45) is 0 Å². The number of aromatic nitrogens is 1. The largest absolute Gasteiger partial charge is 0.393 e. The molecule has 0 bridgehead atoms. The highest BCUT2D eigenvalue weighted by atomic mass is 16.3. The molecule has 1 unspecified atom stereocenters. The molecule has 3 N–H and O–H groups in total. The maximum Gasteiger partial charge on any atom is 0.234 e. The van der Waals surface area contributed by atoms with Gasteiger partial charge in [0.2, 0.25) is 11.8 Å². The molecule has 1 aromatic heterocycles. The molecule has 124 valence electrons. The van der Waals surface area contributed by atoms with E-state index in [1.165, 1.54) is 0 Å². The molecule has 2 aliphatic heterocycles. The third-order valence-corrected chi connectivity index (χ3v) is 4.72. The predicted octanol–water partition coefficient (Wildman–Crippen LogP) is -0.0746. The summed E-state index contributed by atoms with van der Waals surface area (Å²) in [5.41, 5.74) is -0.175. The van der Waals surface area contributed by atoms with Gasteiger partial charge >= 0.3 is 0 Å². The summed E-state index contributed by atoms with van der Waals surface area (Å²) in [5, 5.41) is 21.6. The van der Waals surface area contributed by atoms with Crippen molar-refractivity contribution in [1.29, 1.82) is 0 Å². The lowest BCUT2D eigenvalue weighted by Gasteiger charge is -2.37. The van der Waals surface area contributed by atoms with E-state index in [-0.39, 0.29) is 24.3 Å². The Hall–Kier alpha value is -1.99. The Morgan fingerprint density at radius 1 is 1.30 bits per heavy atom. The molecular formula is C16H21N3O4. The second-order valence-corrected chi connectivity index (χ2v) is 6.32. The van der Waals surface area contributed by atoms with E-state index in [4.69, 9.17) is 0 Å². The molecule has 1 aromatic rings. The minimum absolute atomic E-state index is 0.220. The summed E-state index contributed by atoms with van der Waals surface area (Å²) >= 11 is 0. The van der Waals surface area contributed by atoms with Gasteiger partial charge in [-0.2, -0.15) is 0 Å². The van der Waals surface area contributed by atoms with Gasteiger partial charge in [-0.15, -0.1) is 0 Å². The number of aliphatic hydroxyl groups excluding tert-OH is 1. The Kier molecular flexibility index (Phi) is 4.32. The highest BCUT2D eigenvalue weighted by Gasteiger charge is 2.32. The Morgan fingerprint density at radius 2 is 2.04 bits per heavy atom.